The quantitative estimate of drug-likeness (QED) is 0.0771. The Bertz CT molecular complexity index is 499. The van der Waals surface area contributed by atoms with Crippen LogP contribution in [0.25, 0.3) is 0 Å². The number of carbonyl (C=O) groups is 4. The van der Waals surface area contributed by atoms with Gasteiger partial charge in [-0.1, -0.05) is 0 Å². The SMILES string of the molecule is N=C(N)NCCC[C@H](N)C(=O)O.O=C(O)CC(O)(CC(=O)O)C(=O)O.[NaH]. The summed E-state index contributed by atoms with van der Waals surface area (Å²) in [4.78, 5) is 40.7. The van der Waals surface area contributed by atoms with Crippen molar-refractivity contribution in [1.29, 1.82) is 5.41 Å². The molecule has 146 valence electrons. The molecule has 0 aromatic heterocycles. The standard InChI is InChI=1S/C6H14N4O2.C6H8O7.Na.H/c7-4(5(11)12)2-1-3-10-6(8)9;7-3(8)1-6(13,5(11)12)2-4(9)10;;/h4H,1-3,7H2,(H,11,12)(H4,8,9,10);13H,1-2H2,(H,7,8)(H,9,10)(H,11,12);;/t4-;;;/m0.../s1. The molecule has 0 radical (unpaired) electrons. The molecule has 0 aliphatic carbocycles. The number of aliphatic carboxylic acids is 4. The number of guanidine groups is 1. The molecular formula is C12H23N4NaO9. The van der Waals surface area contributed by atoms with E-state index in [1.165, 1.54) is 0 Å². The van der Waals surface area contributed by atoms with Gasteiger partial charge in [-0.3, -0.25) is 19.8 Å². The first-order valence-corrected chi connectivity index (χ1v) is 6.77. The van der Waals surface area contributed by atoms with Crippen molar-refractivity contribution >= 4 is 59.4 Å². The van der Waals surface area contributed by atoms with Gasteiger partial charge in [0.25, 0.3) is 0 Å². The maximum absolute atomic E-state index is 10.3. The van der Waals surface area contributed by atoms with Crippen LogP contribution in [0, 0.1) is 5.41 Å². The Kier molecular flexibility index (Phi) is 15.8. The first-order valence-electron chi connectivity index (χ1n) is 6.77. The van der Waals surface area contributed by atoms with Crippen LogP contribution in [-0.4, -0.2) is 103 Å². The monoisotopic (exact) mass is 390 g/mol. The van der Waals surface area contributed by atoms with Crippen molar-refractivity contribution < 1.29 is 44.7 Å². The summed E-state index contributed by atoms with van der Waals surface area (Å²) >= 11 is 0. The summed E-state index contributed by atoms with van der Waals surface area (Å²) in [6.07, 6.45) is -1.31. The molecule has 0 amide bonds. The van der Waals surface area contributed by atoms with Gasteiger partial charge in [-0.2, -0.15) is 0 Å². The number of hydrogen-bond acceptors (Lipinski definition) is 7. The number of nitrogens with one attached hydrogen (secondary N) is 2. The molecule has 0 rings (SSSR count). The minimum absolute atomic E-state index is 0. The van der Waals surface area contributed by atoms with Gasteiger partial charge in [0.2, 0.25) is 0 Å². The third kappa shape index (κ3) is 15.6. The maximum atomic E-state index is 10.3. The van der Waals surface area contributed by atoms with Crippen molar-refractivity contribution in [2.45, 2.75) is 37.3 Å². The van der Waals surface area contributed by atoms with Crippen molar-refractivity contribution in [2.75, 3.05) is 6.54 Å². The number of aliphatic hydroxyl groups is 1. The second-order valence-electron chi connectivity index (χ2n) is 4.91. The van der Waals surface area contributed by atoms with Crippen LogP contribution in [0.2, 0.25) is 0 Å². The van der Waals surface area contributed by atoms with Gasteiger partial charge in [0, 0.05) is 6.54 Å². The molecule has 0 spiro atoms. The van der Waals surface area contributed by atoms with Crippen molar-refractivity contribution in [1.82, 2.24) is 5.32 Å². The van der Waals surface area contributed by atoms with E-state index in [0.717, 1.165) is 0 Å². The molecule has 11 N–H and O–H groups in total. The molecule has 13 nitrogen and oxygen atoms in total. The number of hydrogen-bond donors (Lipinski definition) is 9. The van der Waals surface area contributed by atoms with Gasteiger partial charge >= 0.3 is 53.4 Å². The van der Waals surface area contributed by atoms with E-state index in [1.54, 1.807) is 0 Å². The van der Waals surface area contributed by atoms with E-state index >= 15 is 0 Å². The van der Waals surface area contributed by atoms with Gasteiger partial charge in [0.15, 0.2) is 11.6 Å². The summed E-state index contributed by atoms with van der Waals surface area (Å²) in [5, 5.41) is 51.5. The summed E-state index contributed by atoms with van der Waals surface area (Å²) in [7, 11) is 0. The Morgan fingerprint density at radius 3 is 1.73 bits per heavy atom. The summed E-state index contributed by atoms with van der Waals surface area (Å²) in [6.45, 7) is 0.482. The van der Waals surface area contributed by atoms with Crippen LogP contribution < -0.4 is 16.8 Å². The van der Waals surface area contributed by atoms with Crippen LogP contribution in [0.15, 0.2) is 0 Å². The van der Waals surface area contributed by atoms with Crippen molar-refractivity contribution in [3.63, 3.8) is 0 Å². The fourth-order valence-electron chi connectivity index (χ4n) is 1.38. The predicted octanol–water partition coefficient (Wildman–Crippen LogP) is -3.24. The van der Waals surface area contributed by atoms with E-state index in [2.05, 4.69) is 5.32 Å². The summed E-state index contributed by atoms with van der Waals surface area (Å²) in [6, 6.07) is -0.821. The molecule has 26 heavy (non-hydrogen) atoms. The van der Waals surface area contributed by atoms with E-state index in [9.17, 15) is 19.2 Å². The zero-order valence-electron chi connectivity index (χ0n) is 13.1. The Morgan fingerprint density at radius 1 is 1.04 bits per heavy atom. The average molecular weight is 390 g/mol. The van der Waals surface area contributed by atoms with Gasteiger partial charge in [-0.25, -0.2) is 4.79 Å². The molecule has 14 heteroatoms. The van der Waals surface area contributed by atoms with E-state index in [1.807, 2.05) is 0 Å². The van der Waals surface area contributed by atoms with Crippen LogP contribution in [0.3, 0.4) is 0 Å². The first kappa shape index (κ1) is 28.9. The molecule has 0 aromatic carbocycles. The van der Waals surface area contributed by atoms with Crippen molar-refractivity contribution in [2.24, 2.45) is 11.5 Å². The van der Waals surface area contributed by atoms with E-state index in [4.69, 9.17) is 42.4 Å². The number of rotatable bonds is 10. The number of carboxylic acid groups (broad SMARTS) is 4. The molecule has 0 saturated heterocycles. The third-order valence-electron chi connectivity index (χ3n) is 2.61. The molecule has 0 aromatic rings. The fourth-order valence-corrected chi connectivity index (χ4v) is 1.38. The Hall–Kier alpha value is -1.93. The zero-order valence-corrected chi connectivity index (χ0v) is 13.1. The summed E-state index contributed by atoms with van der Waals surface area (Å²) < 4.78 is 0. The van der Waals surface area contributed by atoms with Gasteiger partial charge in [-0.15, -0.1) is 0 Å². The molecule has 0 aliphatic rings. The molecule has 0 unspecified atom stereocenters. The summed E-state index contributed by atoms with van der Waals surface area (Å²) in [5.74, 6) is -6.13. The van der Waals surface area contributed by atoms with Crippen LogP contribution in [0.1, 0.15) is 25.7 Å². The van der Waals surface area contributed by atoms with Gasteiger partial charge < -0.3 is 42.3 Å². The third-order valence-corrected chi connectivity index (χ3v) is 2.61. The fraction of sp³-hybridized carbons (Fsp3) is 0.583. The molecule has 0 bridgehead atoms. The number of nitrogens with two attached hydrogens (primary N) is 2. The second kappa shape index (κ2) is 14.3. The van der Waals surface area contributed by atoms with E-state index in [0.29, 0.717) is 19.4 Å². The molecule has 0 heterocycles. The molecule has 0 fully saturated rings. The topological polar surface area (TPSA) is 257 Å². The normalized spacial score (nSPS) is 11.0. The average Bonchev–Trinajstić information content (AvgIpc) is 2.41. The number of carboxylic acids is 4. The van der Waals surface area contributed by atoms with E-state index in [-0.39, 0.29) is 35.5 Å². The van der Waals surface area contributed by atoms with Crippen LogP contribution in [0.4, 0.5) is 0 Å². The zero-order chi connectivity index (χ0) is 20.2. The predicted molar refractivity (Wildman–Crippen MR) is 89.0 cm³/mol. The molecule has 0 aliphatic heterocycles. The molecule has 0 saturated carbocycles. The first-order chi connectivity index (χ1) is 11.3. The Labute approximate surface area is 170 Å². The molecule has 1 atom stereocenters. The van der Waals surface area contributed by atoms with Crippen LogP contribution in [-0.2, 0) is 19.2 Å². The Morgan fingerprint density at radius 2 is 1.46 bits per heavy atom. The van der Waals surface area contributed by atoms with Gasteiger partial charge in [0.05, 0.1) is 12.8 Å². The summed E-state index contributed by atoms with van der Waals surface area (Å²) in [5.41, 5.74) is 7.48. The minimum atomic E-state index is -2.74. The van der Waals surface area contributed by atoms with Crippen LogP contribution >= 0.6 is 0 Å². The van der Waals surface area contributed by atoms with Gasteiger partial charge in [-0.05, 0) is 12.8 Å². The van der Waals surface area contributed by atoms with Crippen LogP contribution in [0.5, 0.6) is 0 Å². The molecular weight excluding hydrogens is 367 g/mol. The Balaban J connectivity index is -0.000000393. The second-order valence-corrected chi connectivity index (χ2v) is 4.91. The van der Waals surface area contributed by atoms with Crippen molar-refractivity contribution in [3.8, 4) is 0 Å². The van der Waals surface area contributed by atoms with Gasteiger partial charge in [0.1, 0.15) is 6.04 Å². The van der Waals surface area contributed by atoms with Crippen molar-refractivity contribution in [3.05, 3.63) is 0 Å². The van der Waals surface area contributed by atoms with E-state index < -0.39 is 48.4 Å².